The predicted molar refractivity (Wildman–Crippen MR) is 50.7 cm³/mol. The fourth-order valence-electron chi connectivity index (χ4n) is 1.07. The van der Waals surface area contributed by atoms with E-state index >= 15 is 0 Å². The summed E-state index contributed by atoms with van der Waals surface area (Å²) in [5, 5.41) is 0. The zero-order valence-corrected chi connectivity index (χ0v) is 8.43. The van der Waals surface area contributed by atoms with Crippen molar-refractivity contribution in [3.63, 3.8) is 0 Å². The Morgan fingerprint density at radius 1 is 1.27 bits per heavy atom. The molecule has 2 heterocycles. The molecule has 58 valence electrons. The number of aryl methyl sites for hydroxylation is 2. The van der Waals surface area contributed by atoms with Crippen LogP contribution in [0.2, 0.25) is 0 Å². The number of fused-ring (bicyclic) bond motifs is 1. The third kappa shape index (κ3) is 0.903. The van der Waals surface area contributed by atoms with E-state index in [4.69, 9.17) is 8.83 Å². The van der Waals surface area contributed by atoms with Gasteiger partial charge in [0.25, 0.3) is 0 Å². The zero-order valence-electron chi connectivity index (χ0n) is 6.27. The maximum atomic E-state index is 5.46. The van der Waals surface area contributed by atoms with Crippen molar-refractivity contribution in [1.82, 2.24) is 0 Å². The molecule has 0 aliphatic carbocycles. The maximum Gasteiger partial charge on any atom is 0.177 e. The van der Waals surface area contributed by atoms with Crippen molar-refractivity contribution in [2.45, 2.75) is 13.8 Å². The van der Waals surface area contributed by atoms with Gasteiger partial charge in [-0.3, -0.25) is 0 Å². The average Bonchev–Trinajstić information content (AvgIpc) is 2.43. The molecule has 2 aromatic heterocycles. The molecule has 3 heteroatoms. The topological polar surface area (TPSA) is 26.3 Å². The molecule has 0 atom stereocenters. The highest BCUT2D eigenvalue weighted by atomic mass is 127. The summed E-state index contributed by atoms with van der Waals surface area (Å²) >= 11 is 2.16. The van der Waals surface area contributed by atoms with E-state index in [0.29, 0.717) is 0 Å². The Morgan fingerprint density at radius 3 is 2.64 bits per heavy atom. The molecule has 2 nitrogen and oxygen atoms in total. The van der Waals surface area contributed by atoms with Gasteiger partial charge in [-0.25, -0.2) is 0 Å². The van der Waals surface area contributed by atoms with E-state index in [0.717, 1.165) is 26.1 Å². The summed E-state index contributed by atoms with van der Waals surface area (Å²) in [4.78, 5) is 0. The predicted octanol–water partition coefficient (Wildman–Crippen LogP) is 3.25. The van der Waals surface area contributed by atoms with Crippen LogP contribution in [0, 0.1) is 17.6 Å². The third-order valence-corrected chi connectivity index (χ3v) is 2.77. The maximum absolute atomic E-state index is 5.46. The highest BCUT2D eigenvalue weighted by Crippen LogP contribution is 2.29. The summed E-state index contributed by atoms with van der Waals surface area (Å²) in [6.07, 6.45) is 1.72. The van der Waals surface area contributed by atoms with Crippen LogP contribution in [0.15, 0.2) is 15.1 Å². The second-order valence-corrected chi connectivity index (χ2v) is 3.56. The van der Waals surface area contributed by atoms with Gasteiger partial charge in [0.1, 0.15) is 0 Å². The van der Waals surface area contributed by atoms with Crippen molar-refractivity contribution in [2.75, 3.05) is 0 Å². The normalized spacial score (nSPS) is 11.2. The molecule has 0 saturated heterocycles. The lowest BCUT2D eigenvalue weighted by atomic mass is 10.3. The number of rotatable bonds is 0. The first-order valence-corrected chi connectivity index (χ1v) is 4.40. The Labute approximate surface area is 77.7 Å². The van der Waals surface area contributed by atoms with Crippen molar-refractivity contribution in [3.05, 3.63) is 21.2 Å². The van der Waals surface area contributed by atoms with E-state index in [2.05, 4.69) is 22.6 Å². The Kier molecular flexibility index (Phi) is 1.49. The number of halogens is 1. The molecule has 0 amide bonds. The monoisotopic (exact) mass is 262 g/mol. The molecule has 11 heavy (non-hydrogen) atoms. The van der Waals surface area contributed by atoms with Crippen LogP contribution in [0.1, 0.15) is 11.1 Å². The molecule has 0 radical (unpaired) electrons. The molecule has 0 N–H and O–H groups in total. The standard InChI is InChI=1S/C8H7IO2/c1-4-3-10-7-5(2)8(9)11-6(4)7/h3H,1-2H3. The lowest BCUT2D eigenvalue weighted by Gasteiger charge is -1.81. The number of hydrogen-bond acceptors (Lipinski definition) is 2. The Morgan fingerprint density at radius 2 is 2.00 bits per heavy atom. The molecule has 0 bridgehead atoms. The van der Waals surface area contributed by atoms with Crippen LogP contribution < -0.4 is 0 Å². The first-order valence-electron chi connectivity index (χ1n) is 3.33. The van der Waals surface area contributed by atoms with Crippen molar-refractivity contribution in [2.24, 2.45) is 0 Å². The van der Waals surface area contributed by atoms with E-state index in [1.54, 1.807) is 6.26 Å². The summed E-state index contributed by atoms with van der Waals surface area (Å²) in [6.45, 7) is 3.97. The quantitative estimate of drug-likeness (QED) is 0.681. The highest BCUT2D eigenvalue weighted by Gasteiger charge is 2.12. The lowest BCUT2D eigenvalue weighted by molar-refractivity contribution is 0.579. The van der Waals surface area contributed by atoms with Gasteiger partial charge in [-0.15, -0.1) is 0 Å². The first kappa shape index (κ1) is 7.21. The Bertz CT molecular complexity index is 397. The molecule has 2 aromatic rings. The molecule has 0 aliphatic heterocycles. The second-order valence-electron chi connectivity index (χ2n) is 2.58. The number of hydrogen-bond donors (Lipinski definition) is 0. The molecule has 0 saturated carbocycles. The van der Waals surface area contributed by atoms with E-state index in [-0.39, 0.29) is 0 Å². The van der Waals surface area contributed by atoms with E-state index < -0.39 is 0 Å². The zero-order chi connectivity index (χ0) is 8.01. The molecule has 0 spiro atoms. The van der Waals surface area contributed by atoms with Gasteiger partial charge in [0.2, 0.25) is 0 Å². The SMILES string of the molecule is Cc1coc2c(C)c(I)oc12. The Hall–Kier alpha value is -0.450. The largest absolute Gasteiger partial charge is 0.460 e. The smallest absolute Gasteiger partial charge is 0.177 e. The van der Waals surface area contributed by atoms with Crippen molar-refractivity contribution < 1.29 is 8.83 Å². The summed E-state index contributed by atoms with van der Waals surface area (Å²) < 4.78 is 11.7. The third-order valence-electron chi connectivity index (χ3n) is 1.75. The van der Waals surface area contributed by atoms with Gasteiger partial charge >= 0.3 is 0 Å². The Balaban J connectivity index is 2.93. The van der Waals surface area contributed by atoms with Crippen LogP contribution in [0.25, 0.3) is 11.2 Å². The molecule has 0 aliphatic rings. The lowest BCUT2D eigenvalue weighted by Crippen LogP contribution is -1.65. The van der Waals surface area contributed by atoms with E-state index in [1.807, 2.05) is 13.8 Å². The van der Waals surface area contributed by atoms with Gasteiger partial charge in [0, 0.05) is 33.7 Å². The molecular formula is C8H7IO2. The van der Waals surface area contributed by atoms with Gasteiger partial charge in [-0.2, -0.15) is 0 Å². The van der Waals surface area contributed by atoms with Crippen LogP contribution >= 0.6 is 22.6 Å². The van der Waals surface area contributed by atoms with Crippen LogP contribution in [0.3, 0.4) is 0 Å². The fourth-order valence-corrected chi connectivity index (χ4v) is 1.54. The van der Waals surface area contributed by atoms with Gasteiger partial charge in [-0.05, 0) is 13.8 Å². The van der Waals surface area contributed by atoms with Crippen LogP contribution in [-0.4, -0.2) is 0 Å². The molecular weight excluding hydrogens is 255 g/mol. The summed E-state index contributed by atoms with van der Waals surface area (Å²) in [6, 6.07) is 0. The van der Waals surface area contributed by atoms with Crippen LogP contribution in [0.5, 0.6) is 0 Å². The minimum atomic E-state index is 0.881. The summed E-state index contributed by atoms with van der Waals surface area (Å²) in [5.41, 5.74) is 3.92. The second kappa shape index (κ2) is 2.27. The van der Waals surface area contributed by atoms with Gasteiger partial charge in [0.05, 0.1) is 6.26 Å². The minimum absolute atomic E-state index is 0.881. The molecule has 0 unspecified atom stereocenters. The minimum Gasteiger partial charge on any atom is -0.460 e. The van der Waals surface area contributed by atoms with Crippen LogP contribution in [-0.2, 0) is 0 Å². The van der Waals surface area contributed by atoms with Gasteiger partial charge in [0.15, 0.2) is 14.9 Å². The molecule has 2 rings (SSSR count). The highest BCUT2D eigenvalue weighted by molar-refractivity contribution is 14.1. The molecule has 0 fully saturated rings. The van der Waals surface area contributed by atoms with Gasteiger partial charge in [-0.1, -0.05) is 0 Å². The first-order chi connectivity index (χ1) is 5.20. The average molecular weight is 262 g/mol. The van der Waals surface area contributed by atoms with Gasteiger partial charge < -0.3 is 8.83 Å². The van der Waals surface area contributed by atoms with E-state index in [1.165, 1.54) is 0 Å². The molecule has 0 aromatic carbocycles. The van der Waals surface area contributed by atoms with E-state index in [9.17, 15) is 0 Å². The van der Waals surface area contributed by atoms with Crippen molar-refractivity contribution in [3.8, 4) is 0 Å². The van der Waals surface area contributed by atoms with Crippen molar-refractivity contribution >= 4 is 33.8 Å². The van der Waals surface area contributed by atoms with Crippen LogP contribution in [0.4, 0.5) is 0 Å². The summed E-state index contributed by atoms with van der Waals surface area (Å²) in [5.74, 6) is 0. The number of furan rings is 2. The fraction of sp³-hybridized carbons (Fsp3) is 0.250. The summed E-state index contributed by atoms with van der Waals surface area (Å²) in [7, 11) is 0. The van der Waals surface area contributed by atoms with Crippen molar-refractivity contribution in [1.29, 1.82) is 0 Å².